The van der Waals surface area contributed by atoms with Gasteiger partial charge in [0.05, 0.1) is 23.5 Å². The van der Waals surface area contributed by atoms with Crippen molar-refractivity contribution in [1.29, 1.82) is 0 Å². The first-order chi connectivity index (χ1) is 10.9. The molecule has 1 heterocycles. The summed E-state index contributed by atoms with van der Waals surface area (Å²) in [6.45, 7) is 6.21. The summed E-state index contributed by atoms with van der Waals surface area (Å²) >= 11 is 0. The molecule has 0 atom stereocenters. The zero-order valence-electron chi connectivity index (χ0n) is 14.0. The lowest BCUT2D eigenvalue weighted by molar-refractivity contribution is -0.121. The quantitative estimate of drug-likeness (QED) is 0.936. The molecule has 23 heavy (non-hydrogen) atoms. The van der Waals surface area contributed by atoms with E-state index in [1.807, 2.05) is 18.2 Å². The Morgan fingerprint density at radius 1 is 1.13 bits per heavy atom. The fourth-order valence-electron chi connectivity index (χ4n) is 2.67. The molecule has 1 amide bonds. The zero-order valence-corrected chi connectivity index (χ0v) is 14.0. The molecule has 0 saturated heterocycles. The van der Waals surface area contributed by atoms with Gasteiger partial charge in [0.2, 0.25) is 5.91 Å². The molecule has 1 aliphatic rings. The molecule has 4 nitrogen and oxygen atoms in total. The van der Waals surface area contributed by atoms with Gasteiger partial charge in [-0.3, -0.25) is 4.79 Å². The summed E-state index contributed by atoms with van der Waals surface area (Å²) in [6, 6.07) is 10.2. The average molecular weight is 309 g/mol. The second-order valence-electron chi connectivity index (χ2n) is 7.44. The molecule has 1 aliphatic carbocycles. The smallest absolute Gasteiger partial charge is 0.231 e. The molecule has 120 valence electrons. The van der Waals surface area contributed by atoms with Gasteiger partial charge in [-0.05, 0) is 24.8 Å². The van der Waals surface area contributed by atoms with Crippen LogP contribution in [0.25, 0.3) is 0 Å². The number of anilines is 1. The maximum atomic E-state index is 12.6. The van der Waals surface area contributed by atoms with Gasteiger partial charge in [0.1, 0.15) is 5.82 Å². The van der Waals surface area contributed by atoms with E-state index in [0.29, 0.717) is 5.69 Å². The number of rotatable bonds is 4. The Bertz CT molecular complexity index is 683. The van der Waals surface area contributed by atoms with Crippen molar-refractivity contribution in [2.45, 2.75) is 45.4 Å². The Morgan fingerprint density at radius 2 is 1.74 bits per heavy atom. The summed E-state index contributed by atoms with van der Waals surface area (Å²) in [5.74, 6) is 0.856. The van der Waals surface area contributed by atoms with Gasteiger partial charge in [-0.1, -0.05) is 51.1 Å². The van der Waals surface area contributed by atoms with Crippen molar-refractivity contribution in [1.82, 2.24) is 9.97 Å². The largest absolute Gasteiger partial charge is 0.323 e. The van der Waals surface area contributed by atoms with Crippen molar-refractivity contribution in [3.05, 3.63) is 54.1 Å². The highest BCUT2D eigenvalue weighted by molar-refractivity contribution is 5.97. The van der Waals surface area contributed by atoms with Gasteiger partial charge in [-0.25, -0.2) is 9.97 Å². The second-order valence-corrected chi connectivity index (χ2v) is 7.44. The molecule has 0 unspecified atom stereocenters. The normalized spacial score (nSPS) is 16.0. The van der Waals surface area contributed by atoms with Crippen molar-refractivity contribution < 1.29 is 4.79 Å². The van der Waals surface area contributed by atoms with E-state index in [-0.39, 0.29) is 16.7 Å². The SMILES string of the molecule is CC(C)(C)c1ncc(NC(=O)C2(Cc3ccccc3)CC2)cn1. The third kappa shape index (κ3) is 3.58. The van der Waals surface area contributed by atoms with Crippen LogP contribution in [0.15, 0.2) is 42.7 Å². The highest BCUT2D eigenvalue weighted by Gasteiger charge is 2.49. The van der Waals surface area contributed by atoms with Crippen LogP contribution in [0.4, 0.5) is 5.69 Å². The number of carbonyl (C=O) groups is 1. The first kappa shape index (κ1) is 15.7. The lowest BCUT2D eigenvalue weighted by Crippen LogP contribution is -2.26. The van der Waals surface area contributed by atoms with Crippen LogP contribution in [0, 0.1) is 5.41 Å². The van der Waals surface area contributed by atoms with Crippen LogP contribution in [0.3, 0.4) is 0 Å². The molecule has 0 aliphatic heterocycles. The van der Waals surface area contributed by atoms with Crippen LogP contribution >= 0.6 is 0 Å². The fraction of sp³-hybridized carbons (Fsp3) is 0.421. The number of nitrogens with one attached hydrogen (secondary N) is 1. The summed E-state index contributed by atoms with van der Waals surface area (Å²) in [7, 11) is 0. The van der Waals surface area contributed by atoms with E-state index in [1.54, 1.807) is 12.4 Å². The predicted molar refractivity (Wildman–Crippen MR) is 91.2 cm³/mol. The number of benzene rings is 1. The first-order valence-corrected chi connectivity index (χ1v) is 8.07. The van der Waals surface area contributed by atoms with Crippen molar-refractivity contribution in [3.8, 4) is 0 Å². The van der Waals surface area contributed by atoms with Crippen LogP contribution < -0.4 is 5.32 Å². The number of hydrogen-bond acceptors (Lipinski definition) is 3. The molecule has 1 N–H and O–H groups in total. The molecule has 1 saturated carbocycles. The first-order valence-electron chi connectivity index (χ1n) is 8.07. The Balaban J connectivity index is 1.67. The van der Waals surface area contributed by atoms with Gasteiger partial charge in [-0.2, -0.15) is 0 Å². The number of hydrogen-bond donors (Lipinski definition) is 1. The monoisotopic (exact) mass is 309 g/mol. The molecule has 1 fully saturated rings. The Hall–Kier alpha value is -2.23. The average Bonchev–Trinajstić information content (AvgIpc) is 3.29. The van der Waals surface area contributed by atoms with Gasteiger partial charge in [0.15, 0.2) is 0 Å². The number of nitrogens with zero attached hydrogens (tertiary/aromatic N) is 2. The van der Waals surface area contributed by atoms with E-state index < -0.39 is 0 Å². The molecule has 0 spiro atoms. The molecular weight excluding hydrogens is 286 g/mol. The number of amides is 1. The minimum absolute atomic E-state index is 0.0773. The standard InChI is InChI=1S/C19H23N3O/c1-18(2,3)16-20-12-15(13-21-16)22-17(23)19(9-10-19)11-14-7-5-4-6-8-14/h4-8,12-13H,9-11H2,1-3H3,(H,22,23). The van der Waals surface area contributed by atoms with Crippen LogP contribution in [0.1, 0.15) is 45.0 Å². The van der Waals surface area contributed by atoms with E-state index in [2.05, 4.69) is 48.2 Å². The van der Waals surface area contributed by atoms with E-state index in [4.69, 9.17) is 0 Å². The van der Waals surface area contributed by atoms with Crippen LogP contribution in [-0.4, -0.2) is 15.9 Å². The summed E-state index contributed by atoms with van der Waals surface area (Å²) in [4.78, 5) is 21.3. The summed E-state index contributed by atoms with van der Waals surface area (Å²) in [5.41, 5.74) is 1.53. The third-order valence-electron chi connectivity index (χ3n) is 4.30. The fourth-order valence-corrected chi connectivity index (χ4v) is 2.67. The van der Waals surface area contributed by atoms with E-state index in [9.17, 15) is 4.79 Å². The highest BCUT2D eigenvalue weighted by atomic mass is 16.2. The predicted octanol–water partition coefficient (Wildman–Crippen LogP) is 3.74. The minimum atomic E-state index is -0.260. The van der Waals surface area contributed by atoms with Crippen LogP contribution in [0.5, 0.6) is 0 Å². The lowest BCUT2D eigenvalue weighted by Gasteiger charge is -2.18. The second kappa shape index (κ2) is 5.76. The molecule has 1 aromatic carbocycles. The van der Waals surface area contributed by atoms with Gasteiger partial charge in [-0.15, -0.1) is 0 Å². The molecule has 1 aromatic heterocycles. The van der Waals surface area contributed by atoms with E-state index >= 15 is 0 Å². The third-order valence-corrected chi connectivity index (χ3v) is 4.30. The van der Waals surface area contributed by atoms with Gasteiger partial charge in [0, 0.05) is 5.41 Å². The molecule has 0 radical (unpaired) electrons. The van der Waals surface area contributed by atoms with Gasteiger partial charge in [0.25, 0.3) is 0 Å². The van der Waals surface area contributed by atoms with Crippen LogP contribution in [0.2, 0.25) is 0 Å². The Morgan fingerprint density at radius 3 is 2.26 bits per heavy atom. The topological polar surface area (TPSA) is 54.9 Å². The molecule has 0 bridgehead atoms. The van der Waals surface area contributed by atoms with E-state index in [1.165, 1.54) is 5.56 Å². The van der Waals surface area contributed by atoms with E-state index in [0.717, 1.165) is 25.1 Å². The number of carbonyl (C=O) groups excluding carboxylic acids is 1. The highest BCUT2D eigenvalue weighted by Crippen LogP contribution is 2.49. The molecule has 3 rings (SSSR count). The summed E-state index contributed by atoms with van der Waals surface area (Å²) < 4.78 is 0. The Kier molecular flexibility index (Phi) is 3.92. The molecule has 4 heteroatoms. The van der Waals surface area contributed by atoms with Crippen molar-refractivity contribution in [2.24, 2.45) is 5.41 Å². The van der Waals surface area contributed by atoms with Crippen molar-refractivity contribution in [2.75, 3.05) is 5.32 Å². The Labute approximate surface area is 137 Å². The van der Waals surface area contributed by atoms with Gasteiger partial charge < -0.3 is 5.32 Å². The summed E-state index contributed by atoms with van der Waals surface area (Å²) in [5, 5.41) is 2.98. The summed E-state index contributed by atoms with van der Waals surface area (Å²) in [6.07, 6.45) is 6.07. The zero-order chi connectivity index (χ0) is 16.5. The maximum absolute atomic E-state index is 12.6. The van der Waals surface area contributed by atoms with Gasteiger partial charge >= 0.3 is 0 Å². The van der Waals surface area contributed by atoms with Crippen LogP contribution in [-0.2, 0) is 16.6 Å². The lowest BCUT2D eigenvalue weighted by atomic mass is 9.95. The van der Waals surface area contributed by atoms with Crippen molar-refractivity contribution >= 4 is 11.6 Å². The maximum Gasteiger partial charge on any atom is 0.231 e. The van der Waals surface area contributed by atoms with Crippen molar-refractivity contribution in [3.63, 3.8) is 0 Å². The minimum Gasteiger partial charge on any atom is -0.323 e. The number of aromatic nitrogens is 2. The molecular formula is C19H23N3O. The molecule has 2 aromatic rings.